The number of unbranched alkanes of at least 4 members (excludes halogenated alkanes) is 1. The normalized spacial score (nSPS) is 11.9. The Morgan fingerprint density at radius 2 is 1.94 bits per heavy atom. The molecule has 0 saturated carbocycles. The predicted octanol–water partition coefficient (Wildman–Crippen LogP) is 0.146. The van der Waals surface area contributed by atoms with Gasteiger partial charge in [0, 0.05) is 19.5 Å². The van der Waals surface area contributed by atoms with Crippen LogP contribution in [-0.2, 0) is 9.59 Å². The largest absolute Gasteiger partial charge is 0.356 e. The molecule has 0 aliphatic rings. The van der Waals surface area contributed by atoms with Gasteiger partial charge in [-0.15, -0.1) is 0 Å². The first-order chi connectivity index (χ1) is 7.61. The summed E-state index contributed by atoms with van der Waals surface area (Å²) in [5.74, 6) is -0.220. The van der Waals surface area contributed by atoms with Crippen LogP contribution in [0.2, 0.25) is 0 Å². The van der Waals surface area contributed by atoms with Crippen molar-refractivity contribution in [2.75, 3.05) is 13.1 Å². The first kappa shape index (κ1) is 14.9. The molecule has 0 aromatic rings. The summed E-state index contributed by atoms with van der Waals surface area (Å²) in [6.07, 6.45) is 2.98. The van der Waals surface area contributed by atoms with Crippen LogP contribution in [0.25, 0.3) is 0 Å². The Labute approximate surface area is 97.2 Å². The highest BCUT2D eigenvalue weighted by Crippen LogP contribution is 1.97. The summed E-state index contributed by atoms with van der Waals surface area (Å²) in [6, 6.07) is -0.450. The van der Waals surface area contributed by atoms with Crippen LogP contribution in [0.15, 0.2) is 0 Å². The van der Waals surface area contributed by atoms with Crippen LogP contribution in [0.4, 0.5) is 0 Å². The number of carbonyl (C=O) groups excluding carboxylic acids is 2. The number of hydrogen-bond acceptors (Lipinski definition) is 3. The second-order valence-corrected chi connectivity index (χ2v) is 3.74. The monoisotopic (exact) mass is 229 g/mol. The van der Waals surface area contributed by atoms with E-state index in [9.17, 15) is 9.59 Å². The molecule has 0 aliphatic heterocycles. The predicted molar refractivity (Wildman–Crippen MR) is 63.8 cm³/mol. The smallest absolute Gasteiger partial charge is 0.236 e. The molecule has 1 unspecified atom stereocenters. The number of carbonyl (C=O) groups is 2. The molecule has 0 spiro atoms. The molecule has 5 heteroatoms. The van der Waals surface area contributed by atoms with Crippen molar-refractivity contribution >= 4 is 11.8 Å². The van der Waals surface area contributed by atoms with E-state index in [4.69, 9.17) is 5.73 Å². The molecule has 0 fully saturated rings. The minimum atomic E-state index is -0.450. The van der Waals surface area contributed by atoms with Crippen molar-refractivity contribution in [2.24, 2.45) is 5.73 Å². The number of nitrogens with two attached hydrogens (primary N) is 1. The second kappa shape index (κ2) is 9.15. The lowest BCUT2D eigenvalue weighted by Gasteiger charge is -2.11. The molecule has 2 amide bonds. The highest BCUT2D eigenvalue weighted by molar-refractivity contribution is 5.82. The molecule has 0 saturated heterocycles. The molecule has 0 aromatic heterocycles. The zero-order valence-electron chi connectivity index (χ0n) is 10.2. The van der Waals surface area contributed by atoms with Crippen molar-refractivity contribution in [3.63, 3.8) is 0 Å². The summed E-state index contributed by atoms with van der Waals surface area (Å²) in [4.78, 5) is 22.5. The van der Waals surface area contributed by atoms with Crippen LogP contribution < -0.4 is 16.4 Å². The third kappa shape index (κ3) is 7.23. The van der Waals surface area contributed by atoms with E-state index in [2.05, 4.69) is 17.6 Å². The van der Waals surface area contributed by atoms with Crippen LogP contribution in [0.3, 0.4) is 0 Å². The van der Waals surface area contributed by atoms with E-state index in [-0.39, 0.29) is 11.8 Å². The zero-order chi connectivity index (χ0) is 12.4. The van der Waals surface area contributed by atoms with Crippen LogP contribution >= 0.6 is 0 Å². The maximum atomic E-state index is 11.4. The summed E-state index contributed by atoms with van der Waals surface area (Å²) < 4.78 is 0. The van der Waals surface area contributed by atoms with Crippen molar-refractivity contribution in [2.45, 2.75) is 45.6 Å². The van der Waals surface area contributed by atoms with Crippen molar-refractivity contribution in [1.29, 1.82) is 0 Å². The van der Waals surface area contributed by atoms with Gasteiger partial charge < -0.3 is 16.4 Å². The standard InChI is InChI=1S/C11H23N3O2/c1-3-5-6-9(12)11(16)14-8-7-10(15)13-4-2/h9H,3-8,12H2,1-2H3,(H,13,15)(H,14,16). The lowest BCUT2D eigenvalue weighted by molar-refractivity contribution is -0.123. The Morgan fingerprint density at radius 3 is 2.50 bits per heavy atom. The van der Waals surface area contributed by atoms with Gasteiger partial charge in [-0.2, -0.15) is 0 Å². The Balaban J connectivity index is 3.60. The average Bonchev–Trinajstić information content (AvgIpc) is 2.26. The van der Waals surface area contributed by atoms with E-state index in [0.717, 1.165) is 12.8 Å². The lowest BCUT2D eigenvalue weighted by Crippen LogP contribution is -2.41. The van der Waals surface area contributed by atoms with E-state index in [1.807, 2.05) is 6.92 Å². The fraction of sp³-hybridized carbons (Fsp3) is 0.818. The molecule has 0 bridgehead atoms. The Hall–Kier alpha value is -1.10. The zero-order valence-corrected chi connectivity index (χ0v) is 10.2. The van der Waals surface area contributed by atoms with Crippen molar-refractivity contribution < 1.29 is 9.59 Å². The molecular formula is C11H23N3O2. The van der Waals surface area contributed by atoms with E-state index in [0.29, 0.717) is 25.9 Å². The van der Waals surface area contributed by atoms with Crippen LogP contribution in [0.1, 0.15) is 39.5 Å². The van der Waals surface area contributed by atoms with Gasteiger partial charge in [0.15, 0.2) is 0 Å². The molecule has 0 radical (unpaired) electrons. The molecule has 1 atom stereocenters. The maximum Gasteiger partial charge on any atom is 0.236 e. The van der Waals surface area contributed by atoms with Gasteiger partial charge in [0.05, 0.1) is 6.04 Å². The number of nitrogens with one attached hydrogen (secondary N) is 2. The van der Waals surface area contributed by atoms with E-state index < -0.39 is 6.04 Å². The highest BCUT2D eigenvalue weighted by Gasteiger charge is 2.12. The maximum absolute atomic E-state index is 11.4. The van der Waals surface area contributed by atoms with Gasteiger partial charge in [0.1, 0.15) is 0 Å². The topological polar surface area (TPSA) is 84.2 Å². The summed E-state index contributed by atoms with van der Waals surface area (Å²) in [6.45, 7) is 4.88. The lowest BCUT2D eigenvalue weighted by atomic mass is 10.1. The average molecular weight is 229 g/mol. The molecule has 0 heterocycles. The van der Waals surface area contributed by atoms with Gasteiger partial charge in [-0.05, 0) is 13.3 Å². The van der Waals surface area contributed by atoms with Crippen LogP contribution in [0, 0.1) is 0 Å². The van der Waals surface area contributed by atoms with Gasteiger partial charge in [-0.1, -0.05) is 19.8 Å². The Morgan fingerprint density at radius 1 is 1.25 bits per heavy atom. The van der Waals surface area contributed by atoms with Gasteiger partial charge >= 0.3 is 0 Å². The van der Waals surface area contributed by atoms with Crippen molar-refractivity contribution in [1.82, 2.24) is 10.6 Å². The SMILES string of the molecule is CCCCC(N)C(=O)NCCC(=O)NCC. The second-order valence-electron chi connectivity index (χ2n) is 3.74. The highest BCUT2D eigenvalue weighted by atomic mass is 16.2. The molecule has 16 heavy (non-hydrogen) atoms. The van der Waals surface area contributed by atoms with Crippen molar-refractivity contribution in [3.05, 3.63) is 0 Å². The van der Waals surface area contributed by atoms with Crippen molar-refractivity contribution in [3.8, 4) is 0 Å². The first-order valence-electron chi connectivity index (χ1n) is 5.91. The molecule has 94 valence electrons. The van der Waals surface area contributed by atoms with Gasteiger partial charge in [0.25, 0.3) is 0 Å². The summed E-state index contributed by atoms with van der Waals surface area (Å²) in [5.41, 5.74) is 5.67. The Kier molecular flexibility index (Phi) is 8.52. The first-order valence-corrected chi connectivity index (χ1v) is 5.91. The van der Waals surface area contributed by atoms with Crippen LogP contribution in [0.5, 0.6) is 0 Å². The minimum Gasteiger partial charge on any atom is -0.356 e. The quantitative estimate of drug-likeness (QED) is 0.554. The molecule has 0 rings (SSSR count). The van der Waals surface area contributed by atoms with Crippen LogP contribution in [-0.4, -0.2) is 30.9 Å². The minimum absolute atomic E-state index is 0.0510. The number of rotatable bonds is 8. The van der Waals surface area contributed by atoms with E-state index in [1.165, 1.54) is 0 Å². The molecular weight excluding hydrogens is 206 g/mol. The molecule has 4 N–H and O–H groups in total. The molecule has 0 aliphatic carbocycles. The van der Waals surface area contributed by atoms with E-state index in [1.54, 1.807) is 0 Å². The molecule has 0 aromatic carbocycles. The molecule has 5 nitrogen and oxygen atoms in total. The third-order valence-corrected chi connectivity index (χ3v) is 2.23. The van der Waals surface area contributed by atoms with Gasteiger partial charge in [-0.25, -0.2) is 0 Å². The van der Waals surface area contributed by atoms with E-state index >= 15 is 0 Å². The Bertz CT molecular complexity index is 219. The summed E-state index contributed by atoms with van der Waals surface area (Å²) in [7, 11) is 0. The fourth-order valence-corrected chi connectivity index (χ4v) is 1.27. The van der Waals surface area contributed by atoms with Gasteiger partial charge in [-0.3, -0.25) is 9.59 Å². The number of hydrogen-bond donors (Lipinski definition) is 3. The number of amides is 2. The summed E-state index contributed by atoms with van der Waals surface area (Å²) >= 11 is 0. The summed E-state index contributed by atoms with van der Waals surface area (Å²) in [5, 5.41) is 5.32. The fourth-order valence-electron chi connectivity index (χ4n) is 1.27. The third-order valence-electron chi connectivity index (χ3n) is 2.23. The van der Waals surface area contributed by atoms with Gasteiger partial charge in [0.2, 0.25) is 11.8 Å².